The largest absolute Gasteiger partial charge is 0.494 e. The number of nitrogens with zero attached hydrogens (tertiary/aromatic N) is 2. The summed E-state index contributed by atoms with van der Waals surface area (Å²) in [6.07, 6.45) is 6.75. The zero-order valence-corrected chi connectivity index (χ0v) is 34.9. The van der Waals surface area contributed by atoms with Gasteiger partial charge in [0.25, 0.3) is 0 Å². The van der Waals surface area contributed by atoms with Crippen LogP contribution in [0, 0.1) is 35.0 Å². The van der Waals surface area contributed by atoms with Gasteiger partial charge in [0.05, 0.1) is 56.9 Å². The van der Waals surface area contributed by atoms with Crippen molar-refractivity contribution < 1.29 is 50.9 Å². The molecule has 7 rings (SSSR count). The maximum atomic E-state index is 15.0. The van der Waals surface area contributed by atoms with Crippen molar-refractivity contribution >= 4 is 44.4 Å². The van der Waals surface area contributed by atoms with E-state index in [1.165, 1.54) is 4.90 Å². The highest BCUT2D eigenvalue weighted by Crippen LogP contribution is 2.58. The standard InChI is InChI=1S/C43H56FN3O10S/c1-26(2)43(24-55-25-43)57-37(49)18-33-28(4)16-27(3)10-6-7-11-29-19-42(29,40(51)46-58(52,53)41(23-44)14-15-41)20-35(48)34-17-30(22-47(34)39(33)50)56-38-32-13-9-8-12-31(32)36(54-5)21-45-38/h7-9,11-13,21,26-30,33-34H,6,10,14-20,22-25H2,1-5H3,(H,46,51)/b11-7-/t27-,28+,29+,30+,33-,34-,42+/m0/s1. The molecule has 0 spiro atoms. The Labute approximate surface area is 339 Å². The maximum Gasteiger partial charge on any atom is 0.307 e. The van der Waals surface area contributed by atoms with Crippen molar-refractivity contribution in [1.29, 1.82) is 0 Å². The van der Waals surface area contributed by atoms with Gasteiger partial charge in [-0.1, -0.05) is 58.0 Å². The molecule has 4 fully saturated rings. The van der Waals surface area contributed by atoms with Crippen LogP contribution in [0.25, 0.3) is 10.8 Å². The highest BCUT2D eigenvalue weighted by molar-refractivity contribution is 7.91. The van der Waals surface area contributed by atoms with E-state index < -0.39 is 80.0 Å². The van der Waals surface area contributed by atoms with Gasteiger partial charge in [-0.25, -0.2) is 17.8 Å². The number of carbonyl (C=O) groups is 4. The fourth-order valence-electron chi connectivity index (χ4n) is 9.06. The number of allylic oxidation sites excluding steroid dienone is 2. The van der Waals surface area contributed by atoms with E-state index in [1.807, 2.05) is 57.2 Å². The lowest BCUT2D eigenvalue weighted by Crippen LogP contribution is -2.57. The molecule has 2 saturated carbocycles. The van der Waals surface area contributed by atoms with E-state index in [0.717, 1.165) is 11.8 Å². The minimum atomic E-state index is -4.35. The van der Waals surface area contributed by atoms with E-state index in [-0.39, 0.29) is 76.0 Å². The third-order valence-corrected chi connectivity index (χ3v) is 15.6. The molecule has 0 unspecified atom stereocenters. The molecule has 0 radical (unpaired) electrons. The number of Topliss-reactive ketones (excluding diaryl/α,β-unsaturated/α-hetero) is 1. The number of esters is 1. The highest BCUT2D eigenvalue weighted by Gasteiger charge is 2.63. The molecular formula is C43H56FN3O10S. The van der Waals surface area contributed by atoms with Crippen LogP contribution >= 0.6 is 0 Å². The first-order valence-corrected chi connectivity index (χ1v) is 22.1. The number of alkyl halides is 1. The number of sulfonamides is 1. The molecule has 4 heterocycles. The molecule has 5 aliphatic rings. The summed E-state index contributed by atoms with van der Waals surface area (Å²) in [5, 5.41) is 1.45. The Hall–Kier alpha value is -4.11. The topological polar surface area (TPSA) is 167 Å². The van der Waals surface area contributed by atoms with E-state index in [2.05, 4.69) is 16.6 Å². The Balaban J connectivity index is 1.22. The Bertz CT molecular complexity index is 2070. The van der Waals surface area contributed by atoms with Gasteiger partial charge < -0.3 is 23.8 Å². The summed E-state index contributed by atoms with van der Waals surface area (Å²) in [6.45, 7) is 7.42. The van der Waals surface area contributed by atoms with Crippen LogP contribution in [-0.4, -0.2) is 97.9 Å². The average Bonchev–Trinajstić information content (AvgIpc) is 4.08. The molecule has 2 saturated heterocycles. The van der Waals surface area contributed by atoms with Crippen LogP contribution < -0.4 is 14.2 Å². The van der Waals surface area contributed by atoms with Gasteiger partial charge in [0.1, 0.15) is 23.3 Å². The van der Waals surface area contributed by atoms with Crippen molar-refractivity contribution in [2.24, 2.45) is 35.0 Å². The fraction of sp³-hybridized carbons (Fsp3) is 0.651. The number of hydrogen-bond acceptors (Lipinski definition) is 11. The molecule has 2 amide bonds. The van der Waals surface area contributed by atoms with Crippen LogP contribution in [0.15, 0.2) is 42.6 Å². The Morgan fingerprint density at radius 2 is 1.83 bits per heavy atom. The van der Waals surface area contributed by atoms with Crippen molar-refractivity contribution in [3.63, 3.8) is 0 Å². The van der Waals surface area contributed by atoms with Crippen molar-refractivity contribution in [3.8, 4) is 11.6 Å². The Kier molecular flexibility index (Phi) is 11.7. The van der Waals surface area contributed by atoms with Crippen LogP contribution in [-0.2, 0) is 38.7 Å². The van der Waals surface area contributed by atoms with Crippen molar-refractivity contribution in [1.82, 2.24) is 14.6 Å². The Morgan fingerprint density at radius 1 is 1.10 bits per heavy atom. The van der Waals surface area contributed by atoms with E-state index in [0.29, 0.717) is 29.9 Å². The molecule has 1 aromatic carbocycles. The second kappa shape index (κ2) is 16.2. The number of amides is 2. The number of rotatable bonds is 11. The molecule has 316 valence electrons. The number of nitrogens with one attached hydrogen (secondary N) is 1. The predicted octanol–water partition coefficient (Wildman–Crippen LogP) is 5.49. The number of aromatic nitrogens is 1. The predicted molar refractivity (Wildman–Crippen MR) is 212 cm³/mol. The van der Waals surface area contributed by atoms with E-state index in [1.54, 1.807) is 13.3 Å². The van der Waals surface area contributed by atoms with E-state index in [9.17, 15) is 27.2 Å². The number of ketones is 1. The summed E-state index contributed by atoms with van der Waals surface area (Å²) in [5.74, 6) is -2.68. The molecule has 2 aliphatic carbocycles. The number of halogens is 1. The molecule has 13 nitrogen and oxygen atoms in total. The van der Waals surface area contributed by atoms with Gasteiger partial charge in [-0.05, 0) is 68.3 Å². The molecular weight excluding hydrogens is 770 g/mol. The summed E-state index contributed by atoms with van der Waals surface area (Å²) >= 11 is 0. The minimum absolute atomic E-state index is 0.00185. The van der Waals surface area contributed by atoms with Crippen molar-refractivity contribution in [2.75, 3.05) is 33.5 Å². The lowest BCUT2D eigenvalue weighted by atomic mass is 9.81. The van der Waals surface area contributed by atoms with Crippen LogP contribution in [0.3, 0.4) is 0 Å². The lowest BCUT2D eigenvalue weighted by Gasteiger charge is -2.44. The monoisotopic (exact) mass is 825 g/mol. The normalized spacial score (nSPS) is 31.2. The van der Waals surface area contributed by atoms with E-state index >= 15 is 4.79 Å². The third kappa shape index (κ3) is 7.97. The van der Waals surface area contributed by atoms with E-state index in [4.69, 9.17) is 18.9 Å². The molecule has 1 aromatic heterocycles. The zero-order chi connectivity index (χ0) is 41.6. The van der Waals surface area contributed by atoms with Crippen LogP contribution in [0.5, 0.6) is 11.6 Å². The first-order valence-electron chi connectivity index (χ1n) is 20.6. The number of pyridine rings is 1. The van der Waals surface area contributed by atoms with Gasteiger partial charge in [0.2, 0.25) is 27.7 Å². The number of carbonyl (C=O) groups excluding carboxylic acids is 4. The lowest BCUT2D eigenvalue weighted by molar-refractivity contribution is -0.229. The van der Waals surface area contributed by atoms with Gasteiger partial charge in [0, 0.05) is 23.6 Å². The number of fused-ring (bicyclic) bond motifs is 3. The zero-order valence-electron chi connectivity index (χ0n) is 34.0. The number of hydrogen-bond donors (Lipinski definition) is 1. The van der Waals surface area contributed by atoms with Crippen molar-refractivity contribution in [3.05, 3.63) is 42.6 Å². The fourth-order valence-corrected chi connectivity index (χ4v) is 10.5. The summed E-state index contributed by atoms with van der Waals surface area (Å²) < 4.78 is 64.4. The maximum absolute atomic E-state index is 15.0. The molecule has 58 heavy (non-hydrogen) atoms. The summed E-state index contributed by atoms with van der Waals surface area (Å²) in [7, 11) is -2.80. The quantitative estimate of drug-likeness (QED) is 0.225. The molecule has 3 aliphatic heterocycles. The van der Waals surface area contributed by atoms with Crippen molar-refractivity contribution in [2.45, 2.75) is 108 Å². The molecule has 15 heteroatoms. The number of ether oxygens (including phenoxy) is 4. The SMILES string of the molecule is COc1cnc(O[C@@H]2C[C@H]3C(=O)C[C@]4(C(=O)NS(=O)(=O)C5(CF)CC5)C[C@H]4/C=C\CC[C@H](C)C[C@@H](C)[C@H](CC(=O)OC4(C(C)C)COC4)C(=O)N3C2)c2ccccc12. The second-order valence-electron chi connectivity index (χ2n) is 17.8. The average molecular weight is 826 g/mol. The summed E-state index contributed by atoms with van der Waals surface area (Å²) in [4.78, 5) is 63.5. The Morgan fingerprint density at radius 3 is 2.47 bits per heavy atom. The van der Waals surface area contributed by atoms with Gasteiger partial charge in [-0.3, -0.25) is 23.9 Å². The van der Waals surface area contributed by atoms with Crippen LogP contribution in [0.4, 0.5) is 4.39 Å². The third-order valence-electron chi connectivity index (χ3n) is 13.5. The number of methoxy groups -OCH3 is 1. The van der Waals surface area contributed by atoms with Gasteiger partial charge in [-0.15, -0.1) is 0 Å². The molecule has 2 aromatic rings. The minimum Gasteiger partial charge on any atom is -0.494 e. The summed E-state index contributed by atoms with van der Waals surface area (Å²) in [5.41, 5.74) is -2.17. The van der Waals surface area contributed by atoms with Crippen LogP contribution in [0.2, 0.25) is 0 Å². The van der Waals surface area contributed by atoms with Gasteiger partial charge >= 0.3 is 5.97 Å². The van der Waals surface area contributed by atoms with Gasteiger partial charge in [-0.2, -0.15) is 0 Å². The number of benzene rings is 1. The van der Waals surface area contributed by atoms with Crippen LogP contribution in [0.1, 0.15) is 85.5 Å². The molecule has 7 atom stereocenters. The summed E-state index contributed by atoms with van der Waals surface area (Å²) in [6, 6.07) is 6.38. The first kappa shape index (κ1) is 42.0. The molecule has 1 N–H and O–H groups in total. The smallest absolute Gasteiger partial charge is 0.307 e. The van der Waals surface area contributed by atoms with Gasteiger partial charge in [0.15, 0.2) is 11.4 Å². The first-order chi connectivity index (χ1) is 27.6. The molecule has 0 bridgehead atoms. The second-order valence-corrected chi connectivity index (χ2v) is 19.9. The highest BCUT2D eigenvalue weighted by atomic mass is 32.2.